The van der Waals surface area contributed by atoms with Crippen LogP contribution in [-0.2, 0) is 0 Å². The van der Waals surface area contributed by atoms with Gasteiger partial charge in [-0.05, 0) is 70.4 Å². The highest BCUT2D eigenvalue weighted by Gasteiger charge is 2.24. The maximum absolute atomic E-state index is 4.88. The molecule has 3 unspecified atom stereocenters. The Hall–Kier alpha value is -0.770. The minimum atomic E-state index is 0.588. The molecule has 2 aliphatic rings. The zero-order chi connectivity index (χ0) is 15.9. The first-order valence-corrected chi connectivity index (χ1v) is 9.30. The summed E-state index contributed by atoms with van der Waals surface area (Å²) in [5.41, 5.74) is 0. The van der Waals surface area contributed by atoms with Gasteiger partial charge in [0.15, 0.2) is 5.96 Å². The number of nitrogens with zero attached hydrogens (tertiary/aromatic N) is 2. The summed E-state index contributed by atoms with van der Waals surface area (Å²) in [5.74, 6) is 3.41. The number of hydrogen-bond donors (Lipinski definition) is 2. The van der Waals surface area contributed by atoms with Crippen LogP contribution in [0.2, 0.25) is 0 Å². The fourth-order valence-electron chi connectivity index (χ4n) is 4.22. The van der Waals surface area contributed by atoms with E-state index in [1.54, 1.807) is 0 Å². The quantitative estimate of drug-likeness (QED) is 0.620. The second-order valence-corrected chi connectivity index (χ2v) is 7.75. The first-order valence-electron chi connectivity index (χ1n) is 9.30. The van der Waals surface area contributed by atoms with Crippen molar-refractivity contribution in [2.24, 2.45) is 22.7 Å². The van der Waals surface area contributed by atoms with Gasteiger partial charge in [-0.1, -0.05) is 13.8 Å². The normalized spacial score (nSPS) is 34.5. The van der Waals surface area contributed by atoms with Gasteiger partial charge in [-0.15, -0.1) is 0 Å². The lowest BCUT2D eigenvalue weighted by Gasteiger charge is -2.33. The summed E-state index contributed by atoms with van der Waals surface area (Å²) in [4.78, 5) is 7.32. The molecule has 2 fully saturated rings. The van der Waals surface area contributed by atoms with Gasteiger partial charge in [-0.3, -0.25) is 4.99 Å². The molecule has 1 aliphatic carbocycles. The second-order valence-electron chi connectivity index (χ2n) is 7.75. The smallest absolute Gasteiger partial charge is 0.191 e. The van der Waals surface area contributed by atoms with E-state index in [-0.39, 0.29) is 0 Å². The van der Waals surface area contributed by atoms with Gasteiger partial charge in [-0.2, -0.15) is 0 Å². The minimum absolute atomic E-state index is 0.588. The van der Waals surface area contributed by atoms with Crippen LogP contribution in [0.15, 0.2) is 4.99 Å². The van der Waals surface area contributed by atoms with Gasteiger partial charge in [0.25, 0.3) is 0 Å². The van der Waals surface area contributed by atoms with Crippen LogP contribution in [0.4, 0.5) is 0 Å². The topological polar surface area (TPSA) is 39.7 Å². The van der Waals surface area contributed by atoms with Crippen molar-refractivity contribution in [3.8, 4) is 0 Å². The standard InChI is InChI=1S/C18H36N4/c1-5-19-18(20-12-16-7-6-8-22(4)13-16)21-17-10-14(2)9-15(3)11-17/h14-17H,5-13H2,1-4H3,(H2,19,20,21). The molecule has 1 saturated carbocycles. The monoisotopic (exact) mass is 308 g/mol. The lowest BCUT2D eigenvalue weighted by atomic mass is 9.80. The average Bonchev–Trinajstić information content (AvgIpc) is 2.44. The molecule has 1 aliphatic heterocycles. The SMILES string of the molecule is CCNC(=NCC1CCCN(C)C1)NC1CC(C)CC(C)C1. The Morgan fingerprint density at radius 1 is 1.18 bits per heavy atom. The molecule has 128 valence electrons. The Morgan fingerprint density at radius 2 is 1.91 bits per heavy atom. The van der Waals surface area contributed by atoms with Crippen LogP contribution in [-0.4, -0.2) is 50.1 Å². The Labute approximate surface area is 137 Å². The summed E-state index contributed by atoms with van der Waals surface area (Å²) >= 11 is 0. The van der Waals surface area contributed by atoms with Crippen LogP contribution in [0.3, 0.4) is 0 Å². The van der Waals surface area contributed by atoms with Crippen molar-refractivity contribution < 1.29 is 0 Å². The Kier molecular flexibility index (Phi) is 7.00. The molecule has 1 heterocycles. The fourth-order valence-corrected chi connectivity index (χ4v) is 4.22. The largest absolute Gasteiger partial charge is 0.357 e. The van der Waals surface area contributed by atoms with Gasteiger partial charge < -0.3 is 15.5 Å². The number of guanidine groups is 1. The molecule has 0 aromatic heterocycles. The van der Waals surface area contributed by atoms with Crippen LogP contribution in [0.5, 0.6) is 0 Å². The average molecular weight is 309 g/mol. The van der Waals surface area contributed by atoms with Crippen molar-refractivity contribution in [2.45, 2.75) is 58.9 Å². The molecule has 2 rings (SSSR count). The first kappa shape index (κ1) is 17.6. The molecule has 0 spiro atoms. The second kappa shape index (κ2) is 8.76. The van der Waals surface area contributed by atoms with E-state index in [1.807, 2.05) is 0 Å². The molecule has 4 nitrogen and oxygen atoms in total. The van der Waals surface area contributed by atoms with Gasteiger partial charge in [-0.25, -0.2) is 0 Å². The molecule has 22 heavy (non-hydrogen) atoms. The Morgan fingerprint density at radius 3 is 2.55 bits per heavy atom. The van der Waals surface area contributed by atoms with Crippen molar-refractivity contribution >= 4 is 5.96 Å². The van der Waals surface area contributed by atoms with Crippen LogP contribution in [0.1, 0.15) is 52.9 Å². The van der Waals surface area contributed by atoms with Gasteiger partial charge in [0, 0.05) is 25.7 Å². The van der Waals surface area contributed by atoms with Crippen molar-refractivity contribution in [2.75, 3.05) is 33.2 Å². The summed E-state index contributed by atoms with van der Waals surface area (Å²) in [6.45, 7) is 11.2. The van der Waals surface area contributed by atoms with Crippen molar-refractivity contribution in [1.29, 1.82) is 0 Å². The van der Waals surface area contributed by atoms with Gasteiger partial charge in [0.1, 0.15) is 0 Å². The lowest BCUT2D eigenvalue weighted by molar-refractivity contribution is 0.214. The van der Waals surface area contributed by atoms with Crippen LogP contribution >= 0.6 is 0 Å². The first-order chi connectivity index (χ1) is 10.6. The molecular formula is C18H36N4. The van der Waals surface area contributed by atoms with Gasteiger partial charge in [0.05, 0.1) is 0 Å². The van der Waals surface area contributed by atoms with Crippen LogP contribution in [0, 0.1) is 17.8 Å². The number of aliphatic imine (C=N–C) groups is 1. The maximum atomic E-state index is 4.88. The summed E-state index contributed by atoms with van der Waals surface area (Å²) in [7, 11) is 2.23. The third kappa shape index (κ3) is 5.79. The third-order valence-corrected chi connectivity index (χ3v) is 5.09. The molecule has 2 N–H and O–H groups in total. The summed E-state index contributed by atoms with van der Waals surface area (Å²) in [6.07, 6.45) is 6.57. The Bertz CT molecular complexity index is 345. The molecule has 3 atom stereocenters. The summed E-state index contributed by atoms with van der Waals surface area (Å²) < 4.78 is 0. The summed E-state index contributed by atoms with van der Waals surface area (Å²) in [6, 6.07) is 0.588. The lowest BCUT2D eigenvalue weighted by Crippen LogP contribution is -2.46. The minimum Gasteiger partial charge on any atom is -0.357 e. The molecule has 1 saturated heterocycles. The zero-order valence-corrected chi connectivity index (χ0v) is 15.1. The zero-order valence-electron chi connectivity index (χ0n) is 15.1. The van der Waals surface area contributed by atoms with Crippen LogP contribution in [0.25, 0.3) is 0 Å². The molecule has 0 aromatic carbocycles. The summed E-state index contributed by atoms with van der Waals surface area (Å²) in [5, 5.41) is 7.13. The highest BCUT2D eigenvalue weighted by atomic mass is 15.2. The highest BCUT2D eigenvalue weighted by molar-refractivity contribution is 5.80. The van der Waals surface area contributed by atoms with E-state index in [0.29, 0.717) is 6.04 Å². The fraction of sp³-hybridized carbons (Fsp3) is 0.944. The van der Waals surface area contributed by atoms with E-state index >= 15 is 0 Å². The number of hydrogen-bond acceptors (Lipinski definition) is 2. The molecule has 0 amide bonds. The van der Waals surface area contributed by atoms with E-state index < -0.39 is 0 Å². The van der Waals surface area contributed by atoms with Crippen LogP contribution < -0.4 is 10.6 Å². The molecule has 0 aromatic rings. The molecule has 0 bridgehead atoms. The highest BCUT2D eigenvalue weighted by Crippen LogP contribution is 2.28. The number of rotatable bonds is 4. The molecule has 4 heteroatoms. The maximum Gasteiger partial charge on any atom is 0.191 e. The van der Waals surface area contributed by atoms with Gasteiger partial charge in [0.2, 0.25) is 0 Å². The van der Waals surface area contributed by atoms with Crippen molar-refractivity contribution in [1.82, 2.24) is 15.5 Å². The van der Waals surface area contributed by atoms with E-state index in [0.717, 1.165) is 36.8 Å². The van der Waals surface area contributed by atoms with Crippen molar-refractivity contribution in [3.63, 3.8) is 0 Å². The number of likely N-dealkylation sites (tertiary alicyclic amines) is 1. The van der Waals surface area contributed by atoms with E-state index in [4.69, 9.17) is 4.99 Å². The number of nitrogens with one attached hydrogen (secondary N) is 2. The van der Waals surface area contributed by atoms with Gasteiger partial charge >= 0.3 is 0 Å². The molecule has 0 radical (unpaired) electrons. The third-order valence-electron chi connectivity index (χ3n) is 5.09. The van der Waals surface area contributed by atoms with E-state index in [1.165, 1.54) is 45.2 Å². The predicted molar refractivity (Wildman–Crippen MR) is 95.3 cm³/mol. The van der Waals surface area contributed by atoms with Crippen molar-refractivity contribution in [3.05, 3.63) is 0 Å². The predicted octanol–water partition coefficient (Wildman–Crippen LogP) is 2.71. The number of piperidine rings is 1. The molecular weight excluding hydrogens is 272 g/mol. The van der Waals surface area contributed by atoms with E-state index in [9.17, 15) is 0 Å². The Balaban J connectivity index is 1.86. The van der Waals surface area contributed by atoms with E-state index in [2.05, 4.69) is 43.4 Å².